The molecular formula is C28H29ClN2O6S. The second kappa shape index (κ2) is 11.9. The number of aromatic nitrogens is 1. The summed E-state index contributed by atoms with van der Waals surface area (Å²) in [5.74, 6) is 1.09. The summed E-state index contributed by atoms with van der Waals surface area (Å²) in [6.45, 7) is 3.94. The Hall–Kier alpha value is -3.56. The Morgan fingerprint density at radius 2 is 1.82 bits per heavy atom. The molecule has 0 saturated carbocycles. The minimum absolute atomic E-state index is 0.187. The lowest BCUT2D eigenvalue weighted by molar-refractivity contribution is -0.139. The fraction of sp³-hybridized carbons (Fsp3) is 0.321. The van der Waals surface area contributed by atoms with Crippen LogP contribution in [0.3, 0.4) is 0 Å². The molecule has 0 fully saturated rings. The first-order valence-electron chi connectivity index (χ1n) is 12.1. The van der Waals surface area contributed by atoms with Crippen LogP contribution in [0, 0.1) is 0 Å². The van der Waals surface area contributed by atoms with Crippen molar-refractivity contribution < 1.29 is 23.7 Å². The van der Waals surface area contributed by atoms with E-state index in [0.717, 1.165) is 12.0 Å². The maximum absolute atomic E-state index is 13.9. The molecule has 0 aliphatic carbocycles. The lowest BCUT2D eigenvalue weighted by Crippen LogP contribution is -2.40. The zero-order chi connectivity index (χ0) is 27.4. The van der Waals surface area contributed by atoms with E-state index in [0.29, 0.717) is 54.9 Å². The Kier molecular flexibility index (Phi) is 8.58. The van der Waals surface area contributed by atoms with E-state index in [9.17, 15) is 9.59 Å². The van der Waals surface area contributed by atoms with E-state index in [-0.39, 0.29) is 12.2 Å². The van der Waals surface area contributed by atoms with Gasteiger partial charge in [-0.1, -0.05) is 42.3 Å². The van der Waals surface area contributed by atoms with E-state index in [1.54, 1.807) is 64.7 Å². The van der Waals surface area contributed by atoms with Crippen molar-refractivity contribution in [2.24, 2.45) is 4.99 Å². The van der Waals surface area contributed by atoms with Crippen LogP contribution in [0.4, 0.5) is 0 Å². The average Bonchev–Trinajstić information content (AvgIpc) is 3.22. The molecule has 0 saturated heterocycles. The maximum atomic E-state index is 13.9. The molecule has 0 spiro atoms. The van der Waals surface area contributed by atoms with Crippen molar-refractivity contribution in [3.8, 4) is 17.2 Å². The number of allylic oxidation sites excluding steroid dienone is 1. The average molecular weight is 557 g/mol. The fourth-order valence-electron chi connectivity index (χ4n) is 4.39. The Labute approximate surface area is 229 Å². The highest BCUT2D eigenvalue weighted by Crippen LogP contribution is 2.38. The number of thiazole rings is 1. The van der Waals surface area contributed by atoms with Crippen molar-refractivity contribution in [3.05, 3.63) is 83.5 Å². The van der Waals surface area contributed by atoms with E-state index in [2.05, 4.69) is 0 Å². The quantitative estimate of drug-likeness (QED) is 0.366. The first-order chi connectivity index (χ1) is 18.4. The van der Waals surface area contributed by atoms with Crippen LogP contribution in [0.25, 0.3) is 6.08 Å². The maximum Gasteiger partial charge on any atom is 0.338 e. The summed E-state index contributed by atoms with van der Waals surface area (Å²) in [5, 5.41) is 0.433. The minimum atomic E-state index is -0.821. The molecule has 8 nitrogen and oxygen atoms in total. The summed E-state index contributed by atoms with van der Waals surface area (Å²) in [5.41, 5.74) is 1.93. The number of carbonyl (C=O) groups excluding carboxylic acids is 1. The summed E-state index contributed by atoms with van der Waals surface area (Å²) < 4.78 is 23.8. The SMILES string of the molecule is CCCC1=C(C(=O)OCC)[C@@H](c2cc(OC)ccc2OC)n2c(s/c(=C\c3ccc(OC)c(Cl)c3)c2=O)=N1. The van der Waals surface area contributed by atoms with Crippen LogP contribution >= 0.6 is 22.9 Å². The number of hydrogen-bond donors (Lipinski definition) is 0. The van der Waals surface area contributed by atoms with Crippen LogP contribution in [0.15, 0.2) is 57.5 Å². The molecule has 0 radical (unpaired) electrons. The second-order valence-electron chi connectivity index (χ2n) is 8.42. The highest BCUT2D eigenvalue weighted by atomic mass is 35.5. The summed E-state index contributed by atoms with van der Waals surface area (Å²) in [6, 6.07) is 9.77. The van der Waals surface area contributed by atoms with Crippen molar-refractivity contribution in [2.45, 2.75) is 32.7 Å². The Balaban J connectivity index is 2.03. The third-order valence-electron chi connectivity index (χ3n) is 6.10. The van der Waals surface area contributed by atoms with Gasteiger partial charge in [-0.2, -0.15) is 0 Å². The van der Waals surface area contributed by atoms with E-state index < -0.39 is 12.0 Å². The first kappa shape index (κ1) is 27.5. The van der Waals surface area contributed by atoms with Crippen LogP contribution in [-0.4, -0.2) is 38.5 Å². The van der Waals surface area contributed by atoms with Crippen molar-refractivity contribution in [3.63, 3.8) is 0 Å². The zero-order valence-electron chi connectivity index (χ0n) is 21.9. The minimum Gasteiger partial charge on any atom is -0.497 e. The van der Waals surface area contributed by atoms with Gasteiger partial charge in [-0.3, -0.25) is 9.36 Å². The van der Waals surface area contributed by atoms with E-state index in [4.69, 9.17) is 35.5 Å². The molecule has 0 N–H and O–H groups in total. The number of esters is 1. The molecule has 10 heteroatoms. The molecule has 0 bridgehead atoms. The molecular weight excluding hydrogens is 528 g/mol. The Morgan fingerprint density at radius 3 is 2.45 bits per heavy atom. The van der Waals surface area contributed by atoms with Gasteiger partial charge in [-0.25, -0.2) is 9.79 Å². The Bertz CT molecular complexity index is 1570. The van der Waals surface area contributed by atoms with Gasteiger partial charge in [0.25, 0.3) is 5.56 Å². The molecule has 0 amide bonds. The van der Waals surface area contributed by atoms with Crippen molar-refractivity contribution in [2.75, 3.05) is 27.9 Å². The number of halogens is 1. The van der Waals surface area contributed by atoms with Gasteiger partial charge >= 0.3 is 5.97 Å². The molecule has 1 aliphatic rings. The number of methoxy groups -OCH3 is 3. The summed E-state index contributed by atoms with van der Waals surface area (Å²) >= 11 is 7.56. The van der Waals surface area contributed by atoms with Gasteiger partial charge in [0, 0.05) is 5.56 Å². The van der Waals surface area contributed by atoms with E-state index >= 15 is 0 Å². The van der Waals surface area contributed by atoms with Crippen LogP contribution in [0.2, 0.25) is 5.02 Å². The van der Waals surface area contributed by atoms with Gasteiger partial charge in [0.2, 0.25) is 0 Å². The van der Waals surface area contributed by atoms with Crippen molar-refractivity contribution in [1.29, 1.82) is 0 Å². The monoisotopic (exact) mass is 556 g/mol. The molecule has 2 heterocycles. The number of benzene rings is 2. The number of ether oxygens (including phenoxy) is 4. The molecule has 0 unspecified atom stereocenters. The summed E-state index contributed by atoms with van der Waals surface area (Å²) in [7, 11) is 4.64. The largest absolute Gasteiger partial charge is 0.497 e. The van der Waals surface area contributed by atoms with Crippen LogP contribution in [0.1, 0.15) is 43.9 Å². The number of hydrogen-bond acceptors (Lipinski definition) is 8. The fourth-order valence-corrected chi connectivity index (χ4v) is 5.68. The van der Waals surface area contributed by atoms with Gasteiger partial charge in [0.05, 0.1) is 48.8 Å². The van der Waals surface area contributed by atoms with Crippen molar-refractivity contribution in [1.82, 2.24) is 4.57 Å². The molecule has 38 heavy (non-hydrogen) atoms. The number of fused-ring (bicyclic) bond motifs is 1. The number of rotatable bonds is 9. The lowest BCUT2D eigenvalue weighted by Gasteiger charge is -2.27. The second-order valence-corrected chi connectivity index (χ2v) is 9.83. The topological polar surface area (TPSA) is 88.4 Å². The molecule has 1 aliphatic heterocycles. The Morgan fingerprint density at radius 1 is 1.08 bits per heavy atom. The van der Waals surface area contributed by atoms with Gasteiger partial charge < -0.3 is 18.9 Å². The highest BCUT2D eigenvalue weighted by molar-refractivity contribution is 7.07. The van der Waals surface area contributed by atoms with Gasteiger partial charge in [-0.05, 0) is 55.3 Å². The van der Waals surface area contributed by atoms with Gasteiger partial charge in [0.15, 0.2) is 4.80 Å². The van der Waals surface area contributed by atoms with Crippen LogP contribution in [0.5, 0.6) is 17.2 Å². The molecule has 1 atom stereocenters. The van der Waals surface area contributed by atoms with E-state index in [1.165, 1.54) is 15.9 Å². The van der Waals surface area contributed by atoms with Crippen molar-refractivity contribution >= 4 is 35.0 Å². The molecule has 1 aromatic heterocycles. The molecule has 200 valence electrons. The first-order valence-corrected chi connectivity index (χ1v) is 13.3. The van der Waals surface area contributed by atoms with Crippen LogP contribution in [-0.2, 0) is 9.53 Å². The molecule has 4 rings (SSSR count). The van der Waals surface area contributed by atoms with Gasteiger partial charge in [0.1, 0.15) is 23.3 Å². The normalized spacial score (nSPS) is 15.1. The highest BCUT2D eigenvalue weighted by Gasteiger charge is 2.36. The molecule has 3 aromatic rings. The third-order valence-corrected chi connectivity index (χ3v) is 7.38. The number of nitrogens with zero attached hydrogens (tertiary/aromatic N) is 2. The standard InChI is InChI=1S/C28H29ClN2O6S/c1-6-8-20-24(27(33)37-7-2)25(18-15-17(34-3)10-12-21(18)35-4)31-26(32)23(38-28(31)30-20)14-16-9-11-22(36-5)19(29)13-16/h9-15,25H,6-8H2,1-5H3/b23-14-/t25-/m1/s1. The summed E-state index contributed by atoms with van der Waals surface area (Å²) in [4.78, 5) is 32.6. The zero-order valence-corrected chi connectivity index (χ0v) is 23.4. The smallest absolute Gasteiger partial charge is 0.338 e. The lowest BCUT2D eigenvalue weighted by atomic mass is 9.93. The predicted molar refractivity (Wildman–Crippen MR) is 147 cm³/mol. The van der Waals surface area contributed by atoms with E-state index in [1.807, 2.05) is 13.0 Å². The van der Waals surface area contributed by atoms with Gasteiger partial charge in [-0.15, -0.1) is 0 Å². The molecule has 2 aromatic carbocycles. The summed E-state index contributed by atoms with van der Waals surface area (Å²) in [6.07, 6.45) is 3.04. The van der Waals surface area contributed by atoms with Crippen LogP contribution < -0.4 is 29.1 Å². The third kappa shape index (κ3) is 5.21. The number of carbonyl (C=O) groups is 1. The predicted octanol–water partition coefficient (Wildman–Crippen LogP) is 4.26.